The fourth-order valence-corrected chi connectivity index (χ4v) is 4.59. The minimum Gasteiger partial charge on any atom is -0.480 e. The van der Waals surface area contributed by atoms with Crippen molar-refractivity contribution >= 4 is 12.1 Å². The molecule has 0 saturated heterocycles. The molecule has 1 aliphatic carbocycles. The Morgan fingerprint density at radius 1 is 0.946 bits per heavy atom. The van der Waals surface area contributed by atoms with Gasteiger partial charge in [-0.25, -0.2) is 18.4 Å². The van der Waals surface area contributed by atoms with E-state index in [1.54, 1.807) is 0 Å². The maximum atomic E-state index is 13.8. The van der Waals surface area contributed by atoms with Crippen molar-refractivity contribution in [1.82, 2.24) is 5.32 Å². The molecule has 0 spiro atoms. The number of carboxylic acid groups (broad SMARTS) is 1. The standard InChI is InChI=1S/C27H22F5NO4/c28-21-12-15(13-22(29)24(21)27(30,31)32)6-5-11-23(25(34)35)33-26(36)37-14-20-18-9-3-1-7-16(18)17-8-2-4-10-19(17)20/h1-4,7-10,12-13,20,23H,5-6,11,14H2,(H,33,36)(H,34,35)/t23-/m0/s1. The van der Waals surface area contributed by atoms with E-state index in [-0.39, 0.29) is 37.4 Å². The van der Waals surface area contributed by atoms with E-state index in [0.29, 0.717) is 12.1 Å². The van der Waals surface area contributed by atoms with E-state index in [9.17, 15) is 36.6 Å². The van der Waals surface area contributed by atoms with Gasteiger partial charge in [0.1, 0.15) is 29.8 Å². The van der Waals surface area contributed by atoms with Crippen molar-refractivity contribution in [2.45, 2.75) is 37.4 Å². The number of benzene rings is 3. The van der Waals surface area contributed by atoms with E-state index >= 15 is 0 Å². The number of nitrogens with one attached hydrogen (secondary N) is 1. The molecule has 0 saturated carbocycles. The molecule has 0 heterocycles. The number of amides is 1. The first-order valence-electron chi connectivity index (χ1n) is 11.5. The van der Waals surface area contributed by atoms with E-state index in [4.69, 9.17) is 4.74 Å². The lowest BCUT2D eigenvalue weighted by Gasteiger charge is -2.17. The first-order valence-corrected chi connectivity index (χ1v) is 11.5. The Hall–Kier alpha value is -3.95. The number of alkyl carbamates (subject to hydrolysis) is 1. The highest BCUT2D eigenvalue weighted by Crippen LogP contribution is 2.44. The van der Waals surface area contributed by atoms with Crippen LogP contribution in [0.5, 0.6) is 0 Å². The molecule has 0 fully saturated rings. The number of carbonyl (C=O) groups excluding carboxylic acids is 1. The van der Waals surface area contributed by atoms with Crippen molar-refractivity contribution < 1.29 is 41.4 Å². The summed E-state index contributed by atoms with van der Waals surface area (Å²) >= 11 is 0. The van der Waals surface area contributed by atoms with Gasteiger partial charge in [0.15, 0.2) is 0 Å². The van der Waals surface area contributed by atoms with E-state index in [0.717, 1.165) is 22.3 Å². The van der Waals surface area contributed by atoms with Crippen LogP contribution >= 0.6 is 0 Å². The molecule has 0 unspecified atom stereocenters. The number of hydrogen-bond acceptors (Lipinski definition) is 3. The van der Waals surface area contributed by atoms with Gasteiger partial charge in [-0.2, -0.15) is 13.2 Å². The number of hydrogen-bond donors (Lipinski definition) is 2. The Balaban J connectivity index is 1.34. The van der Waals surface area contributed by atoms with Gasteiger partial charge >= 0.3 is 18.2 Å². The van der Waals surface area contributed by atoms with Crippen LogP contribution in [0.4, 0.5) is 26.7 Å². The summed E-state index contributed by atoms with van der Waals surface area (Å²) in [5, 5.41) is 11.7. The van der Waals surface area contributed by atoms with Gasteiger partial charge < -0.3 is 15.2 Å². The van der Waals surface area contributed by atoms with E-state index in [1.165, 1.54) is 0 Å². The average Bonchev–Trinajstić information content (AvgIpc) is 3.14. The molecule has 1 amide bonds. The molecule has 37 heavy (non-hydrogen) atoms. The summed E-state index contributed by atoms with van der Waals surface area (Å²) in [6, 6.07) is 15.2. The van der Waals surface area contributed by atoms with E-state index < -0.39 is 41.5 Å². The van der Waals surface area contributed by atoms with Crippen molar-refractivity contribution in [3.8, 4) is 11.1 Å². The smallest absolute Gasteiger partial charge is 0.422 e. The number of rotatable bonds is 8. The lowest BCUT2D eigenvalue weighted by molar-refractivity contribution is -0.142. The molecule has 10 heteroatoms. The predicted octanol–water partition coefficient (Wildman–Crippen LogP) is 6.30. The van der Waals surface area contributed by atoms with Gasteiger partial charge in [-0.3, -0.25) is 0 Å². The Bertz CT molecular complexity index is 1260. The lowest BCUT2D eigenvalue weighted by atomic mass is 9.98. The van der Waals surface area contributed by atoms with Crippen molar-refractivity contribution in [2.24, 2.45) is 0 Å². The van der Waals surface area contributed by atoms with E-state index in [2.05, 4.69) is 5.32 Å². The summed E-state index contributed by atoms with van der Waals surface area (Å²) in [7, 11) is 0. The summed E-state index contributed by atoms with van der Waals surface area (Å²) in [6.07, 6.45) is -6.31. The molecule has 0 radical (unpaired) electrons. The zero-order valence-corrected chi connectivity index (χ0v) is 19.3. The highest BCUT2D eigenvalue weighted by Gasteiger charge is 2.38. The van der Waals surface area contributed by atoms with Crippen LogP contribution in [0.1, 0.15) is 41.0 Å². The van der Waals surface area contributed by atoms with Crippen LogP contribution < -0.4 is 5.32 Å². The number of halogens is 5. The summed E-state index contributed by atoms with van der Waals surface area (Å²) in [5.41, 5.74) is 2.01. The van der Waals surface area contributed by atoms with Gasteiger partial charge in [0.05, 0.1) is 0 Å². The first-order chi connectivity index (χ1) is 17.6. The molecule has 3 aromatic rings. The molecule has 194 valence electrons. The summed E-state index contributed by atoms with van der Waals surface area (Å²) < 4.78 is 71.0. The highest BCUT2D eigenvalue weighted by atomic mass is 19.4. The van der Waals surface area contributed by atoms with Crippen LogP contribution in [0.2, 0.25) is 0 Å². The van der Waals surface area contributed by atoms with Gasteiger partial charge in [0.2, 0.25) is 0 Å². The Kier molecular flexibility index (Phi) is 7.47. The van der Waals surface area contributed by atoms with Crippen molar-refractivity contribution in [2.75, 3.05) is 6.61 Å². The van der Waals surface area contributed by atoms with Crippen LogP contribution in [-0.4, -0.2) is 29.8 Å². The minimum atomic E-state index is -5.17. The molecular formula is C27H22F5NO4. The number of ether oxygens (including phenoxy) is 1. The second-order valence-corrected chi connectivity index (χ2v) is 8.69. The summed E-state index contributed by atoms with van der Waals surface area (Å²) in [4.78, 5) is 24.0. The van der Waals surface area contributed by atoms with Gasteiger partial charge in [-0.05, 0) is 59.2 Å². The molecule has 0 bridgehead atoms. The minimum absolute atomic E-state index is 0.0176. The molecule has 5 nitrogen and oxygen atoms in total. The summed E-state index contributed by atoms with van der Waals surface area (Å²) in [5.74, 6) is -5.05. The maximum absolute atomic E-state index is 13.8. The van der Waals surface area contributed by atoms with Gasteiger partial charge in [0, 0.05) is 5.92 Å². The van der Waals surface area contributed by atoms with Crippen LogP contribution in [-0.2, 0) is 22.1 Å². The second kappa shape index (κ2) is 10.6. The first kappa shape index (κ1) is 26.1. The quantitative estimate of drug-likeness (QED) is 0.343. The number of aryl methyl sites for hydroxylation is 1. The topological polar surface area (TPSA) is 75.6 Å². The largest absolute Gasteiger partial charge is 0.480 e. The third kappa shape index (κ3) is 5.73. The Morgan fingerprint density at radius 3 is 2.00 bits per heavy atom. The average molecular weight is 519 g/mol. The van der Waals surface area contributed by atoms with Crippen molar-refractivity contribution in [3.05, 3.63) is 94.6 Å². The Labute approximate surface area is 208 Å². The molecule has 2 N–H and O–H groups in total. The third-order valence-electron chi connectivity index (χ3n) is 6.28. The van der Waals surface area contributed by atoms with Crippen molar-refractivity contribution in [3.63, 3.8) is 0 Å². The lowest BCUT2D eigenvalue weighted by Crippen LogP contribution is -2.41. The fourth-order valence-electron chi connectivity index (χ4n) is 4.59. The second-order valence-electron chi connectivity index (χ2n) is 8.69. The normalized spacial score (nSPS) is 13.5. The maximum Gasteiger partial charge on any atom is 0.422 e. The van der Waals surface area contributed by atoms with Crippen LogP contribution in [0.3, 0.4) is 0 Å². The molecule has 3 aromatic carbocycles. The summed E-state index contributed by atoms with van der Waals surface area (Å²) in [6.45, 7) is -0.0176. The number of carbonyl (C=O) groups is 2. The zero-order chi connectivity index (χ0) is 26.7. The molecular weight excluding hydrogens is 497 g/mol. The van der Waals surface area contributed by atoms with Gasteiger partial charge in [-0.15, -0.1) is 0 Å². The van der Waals surface area contributed by atoms with Crippen LogP contribution in [0, 0.1) is 11.6 Å². The highest BCUT2D eigenvalue weighted by molar-refractivity contribution is 5.81. The van der Waals surface area contributed by atoms with E-state index in [1.807, 2.05) is 48.5 Å². The molecule has 0 aromatic heterocycles. The molecule has 1 aliphatic rings. The molecule has 1 atom stereocenters. The van der Waals surface area contributed by atoms with Crippen LogP contribution in [0.15, 0.2) is 60.7 Å². The third-order valence-corrected chi connectivity index (χ3v) is 6.28. The zero-order valence-electron chi connectivity index (χ0n) is 19.3. The Morgan fingerprint density at radius 2 is 1.49 bits per heavy atom. The fraction of sp³-hybridized carbons (Fsp3) is 0.259. The number of fused-ring (bicyclic) bond motifs is 3. The van der Waals surface area contributed by atoms with Gasteiger partial charge in [-0.1, -0.05) is 48.5 Å². The van der Waals surface area contributed by atoms with Gasteiger partial charge in [0.25, 0.3) is 0 Å². The SMILES string of the molecule is O=C(N[C@@H](CCCc1cc(F)c(C(F)(F)F)c(F)c1)C(=O)O)OCC1c2ccccc2-c2ccccc21. The molecule has 0 aliphatic heterocycles. The number of aliphatic carboxylic acids is 1. The number of carboxylic acids is 1. The monoisotopic (exact) mass is 519 g/mol. The number of alkyl halides is 3. The molecule has 4 rings (SSSR count). The van der Waals surface area contributed by atoms with Crippen LogP contribution in [0.25, 0.3) is 11.1 Å². The predicted molar refractivity (Wildman–Crippen MR) is 124 cm³/mol. The van der Waals surface area contributed by atoms with Crippen molar-refractivity contribution in [1.29, 1.82) is 0 Å².